The minimum atomic E-state index is -4.72. The third kappa shape index (κ3) is 7.63. The second kappa shape index (κ2) is 8.41. The number of nitrogens with two attached hydrogens (primary N) is 1. The number of alkyl halides is 3. The van der Waals surface area contributed by atoms with Crippen molar-refractivity contribution >= 4 is 29.2 Å². The van der Waals surface area contributed by atoms with E-state index in [1.54, 1.807) is 20.8 Å². The Morgan fingerprint density at radius 1 is 1.20 bits per heavy atom. The molecule has 0 aliphatic heterocycles. The van der Waals surface area contributed by atoms with Gasteiger partial charge < -0.3 is 21.1 Å². The van der Waals surface area contributed by atoms with E-state index in [1.165, 1.54) is 0 Å². The molecular weight excluding hydrogens is 363 g/mol. The Bertz CT molecular complexity index is 605. The summed E-state index contributed by atoms with van der Waals surface area (Å²) in [6.45, 7) is 5.92. The van der Waals surface area contributed by atoms with E-state index in [0.717, 1.165) is 0 Å². The lowest BCUT2D eigenvalue weighted by atomic mass is 10.2. The topological polar surface area (TPSA) is 102 Å². The van der Waals surface area contributed by atoms with Gasteiger partial charge in [-0.1, -0.05) is 0 Å². The first kappa shape index (κ1) is 21.1. The van der Waals surface area contributed by atoms with Crippen molar-refractivity contribution in [1.29, 1.82) is 0 Å². The molecule has 1 aromatic rings. The highest BCUT2D eigenvalue weighted by Gasteiger charge is 2.37. The number of rotatable bonds is 6. The van der Waals surface area contributed by atoms with Crippen molar-refractivity contribution < 1.29 is 22.7 Å². The summed E-state index contributed by atoms with van der Waals surface area (Å²) in [7, 11) is 0. The molecule has 0 spiro atoms. The van der Waals surface area contributed by atoms with E-state index >= 15 is 0 Å². The molecule has 7 nitrogen and oxygen atoms in total. The molecule has 0 atom stereocenters. The Kier molecular flexibility index (Phi) is 7.09. The predicted molar refractivity (Wildman–Crippen MR) is 88.4 cm³/mol. The van der Waals surface area contributed by atoms with Crippen molar-refractivity contribution in [1.82, 2.24) is 15.3 Å². The minimum Gasteiger partial charge on any atom is -0.444 e. The standard InChI is InChI=1S/C14H21ClF3N5O2/c1-13(2,3)25-12(24)21-7-5-4-6-20-10-8(19)9(14(16,17)18)22-11(15)23-10/h4-7,19H2,1-3H3,(H,21,24)(H,20,22,23). The van der Waals surface area contributed by atoms with Crippen molar-refractivity contribution in [3.05, 3.63) is 11.0 Å². The number of anilines is 2. The highest BCUT2D eigenvalue weighted by atomic mass is 35.5. The molecule has 0 aliphatic carbocycles. The highest BCUT2D eigenvalue weighted by molar-refractivity contribution is 6.28. The monoisotopic (exact) mass is 383 g/mol. The van der Waals surface area contributed by atoms with Crippen LogP contribution in [0.1, 0.15) is 39.3 Å². The van der Waals surface area contributed by atoms with Crippen LogP contribution < -0.4 is 16.4 Å². The van der Waals surface area contributed by atoms with Crippen LogP contribution >= 0.6 is 11.6 Å². The fourth-order valence-electron chi connectivity index (χ4n) is 1.75. The van der Waals surface area contributed by atoms with E-state index in [2.05, 4.69) is 20.6 Å². The molecule has 4 N–H and O–H groups in total. The Morgan fingerprint density at radius 2 is 1.80 bits per heavy atom. The van der Waals surface area contributed by atoms with Crippen molar-refractivity contribution in [2.24, 2.45) is 0 Å². The number of hydrogen-bond donors (Lipinski definition) is 3. The first-order chi connectivity index (χ1) is 11.4. The minimum absolute atomic E-state index is 0.174. The molecule has 1 heterocycles. The molecule has 0 unspecified atom stereocenters. The normalized spacial score (nSPS) is 12.0. The number of carbonyl (C=O) groups is 1. The molecular formula is C14H21ClF3N5O2. The number of hydrogen-bond acceptors (Lipinski definition) is 6. The maximum atomic E-state index is 12.8. The maximum absolute atomic E-state index is 12.8. The largest absolute Gasteiger partial charge is 0.444 e. The molecule has 0 aliphatic rings. The van der Waals surface area contributed by atoms with Gasteiger partial charge in [0, 0.05) is 13.1 Å². The van der Waals surface area contributed by atoms with Crippen LogP contribution in [0, 0.1) is 0 Å². The number of aromatic nitrogens is 2. The predicted octanol–water partition coefficient (Wildman–Crippen LogP) is 3.45. The molecule has 0 aromatic carbocycles. The van der Waals surface area contributed by atoms with Crippen LogP contribution in [0.25, 0.3) is 0 Å². The van der Waals surface area contributed by atoms with E-state index in [0.29, 0.717) is 25.9 Å². The molecule has 0 bridgehead atoms. The van der Waals surface area contributed by atoms with Crippen LogP contribution in [0.3, 0.4) is 0 Å². The van der Waals surface area contributed by atoms with Gasteiger partial charge in [0.05, 0.1) is 0 Å². The van der Waals surface area contributed by atoms with Gasteiger partial charge in [0.15, 0.2) is 11.5 Å². The van der Waals surface area contributed by atoms with Crippen LogP contribution in [-0.2, 0) is 10.9 Å². The summed E-state index contributed by atoms with van der Waals surface area (Å²) in [5.41, 5.74) is 2.98. The molecule has 0 saturated heterocycles. The average Bonchev–Trinajstić information content (AvgIpc) is 2.42. The summed E-state index contributed by atoms with van der Waals surface area (Å²) in [6.07, 6.45) is -4.11. The first-order valence-corrected chi connectivity index (χ1v) is 7.89. The molecule has 142 valence electrons. The van der Waals surface area contributed by atoms with Gasteiger partial charge in [-0.25, -0.2) is 9.78 Å². The van der Waals surface area contributed by atoms with Gasteiger partial charge in [0.25, 0.3) is 0 Å². The molecule has 0 radical (unpaired) electrons. The molecule has 1 rings (SSSR count). The fraction of sp³-hybridized carbons (Fsp3) is 0.643. The summed E-state index contributed by atoms with van der Waals surface area (Å²) >= 11 is 5.50. The summed E-state index contributed by atoms with van der Waals surface area (Å²) in [6, 6.07) is 0. The summed E-state index contributed by atoms with van der Waals surface area (Å²) in [5, 5.41) is 4.72. The van der Waals surface area contributed by atoms with E-state index in [-0.39, 0.29) is 5.82 Å². The lowest BCUT2D eigenvalue weighted by Gasteiger charge is -2.19. The lowest BCUT2D eigenvalue weighted by Crippen LogP contribution is -2.33. The Morgan fingerprint density at radius 3 is 2.36 bits per heavy atom. The second-order valence-electron chi connectivity index (χ2n) is 6.16. The zero-order chi connectivity index (χ0) is 19.3. The Hall–Kier alpha value is -1.97. The SMILES string of the molecule is CC(C)(C)OC(=O)NCCCCNc1nc(Cl)nc(C(F)(F)F)c1N. The Labute approximate surface area is 148 Å². The number of carbonyl (C=O) groups excluding carboxylic acids is 1. The molecule has 25 heavy (non-hydrogen) atoms. The van der Waals surface area contributed by atoms with Crippen molar-refractivity contribution in [2.45, 2.75) is 45.4 Å². The Balaban J connectivity index is 2.43. The van der Waals surface area contributed by atoms with Gasteiger partial charge >= 0.3 is 12.3 Å². The number of ether oxygens (including phenoxy) is 1. The number of unbranched alkanes of at least 4 members (excludes halogenated alkanes) is 1. The van der Waals surface area contributed by atoms with E-state index < -0.39 is 34.5 Å². The second-order valence-corrected chi connectivity index (χ2v) is 6.50. The first-order valence-electron chi connectivity index (χ1n) is 7.51. The third-order valence-electron chi connectivity index (χ3n) is 2.75. The molecule has 1 aromatic heterocycles. The number of alkyl carbamates (subject to hydrolysis) is 1. The van der Waals surface area contributed by atoms with E-state index in [1.807, 2.05) is 0 Å². The van der Waals surface area contributed by atoms with Crippen LogP contribution in [-0.4, -0.2) is 34.8 Å². The molecule has 1 amide bonds. The number of amides is 1. The quantitative estimate of drug-likeness (QED) is 0.513. The van der Waals surface area contributed by atoms with Crippen molar-refractivity contribution in [3.63, 3.8) is 0 Å². The molecule has 0 fully saturated rings. The zero-order valence-electron chi connectivity index (χ0n) is 14.1. The summed E-state index contributed by atoms with van der Waals surface area (Å²) in [4.78, 5) is 18.2. The summed E-state index contributed by atoms with van der Waals surface area (Å²) < 4.78 is 43.4. The lowest BCUT2D eigenvalue weighted by molar-refractivity contribution is -0.140. The molecule has 11 heteroatoms. The fourth-order valence-corrected chi connectivity index (χ4v) is 1.92. The number of halogens is 4. The maximum Gasteiger partial charge on any atom is 0.435 e. The number of nitrogen functional groups attached to an aromatic ring is 1. The smallest absolute Gasteiger partial charge is 0.435 e. The van der Waals surface area contributed by atoms with Crippen LogP contribution in [0.4, 0.5) is 29.5 Å². The van der Waals surface area contributed by atoms with Gasteiger partial charge in [-0.15, -0.1) is 0 Å². The zero-order valence-corrected chi connectivity index (χ0v) is 14.9. The average molecular weight is 384 g/mol. The van der Waals surface area contributed by atoms with E-state index in [4.69, 9.17) is 22.1 Å². The van der Waals surface area contributed by atoms with Gasteiger partial charge in [-0.05, 0) is 45.2 Å². The third-order valence-corrected chi connectivity index (χ3v) is 2.92. The van der Waals surface area contributed by atoms with Crippen LogP contribution in [0.15, 0.2) is 0 Å². The van der Waals surface area contributed by atoms with Crippen molar-refractivity contribution in [2.75, 3.05) is 24.1 Å². The summed E-state index contributed by atoms with van der Waals surface area (Å²) in [5.74, 6) is -0.174. The molecule has 0 saturated carbocycles. The van der Waals surface area contributed by atoms with Gasteiger partial charge in [-0.2, -0.15) is 18.2 Å². The van der Waals surface area contributed by atoms with Gasteiger partial charge in [-0.3, -0.25) is 0 Å². The van der Waals surface area contributed by atoms with Gasteiger partial charge in [0.2, 0.25) is 5.28 Å². The van der Waals surface area contributed by atoms with Crippen LogP contribution in [0.5, 0.6) is 0 Å². The van der Waals surface area contributed by atoms with Gasteiger partial charge in [0.1, 0.15) is 11.3 Å². The van der Waals surface area contributed by atoms with Crippen molar-refractivity contribution in [3.8, 4) is 0 Å². The number of nitrogens with one attached hydrogen (secondary N) is 2. The van der Waals surface area contributed by atoms with E-state index in [9.17, 15) is 18.0 Å². The van der Waals surface area contributed by atoms with Crippen LogP contribution in [0.2, 0.25) is 5.28 Å². The number of nitrogens with zero attached hydrogens (tertiary/aromatic N) is 2. The highest BCUT2D eigenvalue weighted by Crippen LogP contribution is 2.35.